The van der Waals surface area contributed by atoms with Crippen molar-refractivity contribution in [3.63, 3.8) is 0 Å². The minimum absolute atomic E-state index is 0.267. The molecule has 2 heterocycles. The molecule has 0 radical (unpaired) electrons. The molecule has 1 aromatic heterocycles. The second-order valence-corrected chi connectivity index (χ2v) is 5.95. The Morgan fingerprint density at radius 1 is 1.44 bits per heavy atom. The molecular weight excluding hydrogens is 228 g/mol. The van der Waals surface area contributed by atoms with E-state index in [0.717, 1.165) is 18.8 Å². The molecule has 0 atom stereocenters. The van der Waals surface area contributed by atoms with Crippen LogP contribution in [0.3, 0.4) is 0 Å². The largest absolute Gasteiger partial charge is 0.338 e. The van der Waals surface area contributed by atoms with E-state index in [1.807, 2.05) is 9.58 Å². The monoisotopic (exact) mass is 248 g/mol. The first-order chi connectivity index (χ1) is 8.63. The third kappa shape index (κ3) is 2.26. The van der Waals surface area contributed by atoms with E-state index < -0.39 is 0 Å². The van der Waals surface area contributed by atoms with Crippen LogP contribution in [-0.4, -0.2) is 38.9 Å². The predicted octanol–water partition coefficient (Wildman–Crippen LogP) is 1.58. The molecule has 0 spiro atoms. The molecular formula is C13H20N4O. The Morgan fingerprint density at radius 2 is 2.17 bits per heavy atom. The van der Waals surface area contributed by atoms with Gasteiger partial charge in [-0.25, -0.2) is 4.68 Å². The average molecular weight is 248 g/mol. The van der Waals surface area contributed by atoms with E-state index >= 15 is 0 Å². The summed E-state index contributed by atoms with van der Waals surface area (Å²) in [5.74, 6) is 1.35. The summed E-state index contributed by atoms with van der Waals surface area (Å²) in [7, 11) is 0. The molecule has 1 aliphatic heterocycles. The summed E-state index contributed by atoms with van der Waals surface area (Å²) in [4.78, 5) is 13.7. The molecule has 5 heteroatoms. The lowest BCUT2D eigenvalue weighted by molar-refractivity contribution is -0.138. The van der Waals surface area contributed by atoms with Gasteiger partial charge in [0, 0.05) is 31.6 Å². The number of carbonyl (C=O) groups excluding carboxylic acids is 1. The highest BCUT2D eigenvalue weighted by Gasteiger charge is 2.34. The highest BCUT2D eigenvalue weighted by molar-refractivity contribution is 5.77. The van der Waals surface area contributed by atoms with E-state index in [-0.39, 0.29) is 5.91 Å². The Hall–Kier alpha value is -1.39. The summed E-state index contributed by atoms with van der Waals surface area (Å²) < 4.78 is 1.94. The summed E-state index contributed by atoms with van der Waals surface area (Å²) in [6, 6.07) is 0.334. The summed E-state index contributed by atoms with van der Waals surface area (Å²) in [5, 5.41) is 8.39. The average Bonchev–Trinajstić information content (AvgIpc) is 2.96. The second-order valence-electron chi connectivity index (χ2n) is 5.95. The minimum atomic E-state index is 0.267. The van der Waals surface area contributed by atoms with Gasteiger partial charge in [-0.15, -0.1) is 5.10 Å². The smallest absolute Gasteiger partial charge is 0.222 e. The van der Waals surface area contributed by atoms with Crippen LogP contribution < -0.4 is 0 Å². The first-order valence-corrected chi connectivity index (χ1v) is 6.83. The van der Waals surface area contributed by atoms with Crippen molar-refractivity contribution >= 4 is 5.91 Å². The number of hydrogen-bond donors (Lipinski definition) is 0. The van der Waals surface area contributed by atoms with Crippen LogP contribution in [0.2, 0.25) is 0 Å². The van der Waals surface area contributed by atoms with Gasteiger partial charge in [0.2, 0.25) is 5.91 Å². The maximum Gasteiger partial charge on any atom is 0.222 e. The zero-order chi connectivity index (χ0) is 12.7. The summed E-state index contributed by atoms with van der Waals surface area (Å²) in [5.41, 5.74) is 1.13. The Bertz CT molecular complexity index is 444. The predicted molar refractivity (Wildman–Crippen MR) is 67.1 cm³/mol. The zero-order valence-corrected chi connectivity index (χ0v) is 11.0. The second kappa shape index (κ2) is 4.37. The van der Waals surface area contributed by atoms with Crippen LogP contribution >= 0.6 is 0 Å². The fourth-order valence-corrected chi connectivity index (χ4v) is 2.34. The molecule has 0 aromatic carbocycles. The van der Waals surface area contributed by atoms with Gasteiger partial charge in [0.15, 0.2) is 0 Å². The lowest BCUT2D eigenvalue weighted by Gasteiger charge is -2.39. The third-order valence-corrected chi connectivity index (χ3v) is 3.70. The number of aromatic nitrogens is 3. The topological polar surface area (TPSA) is 51.0 Å². The van der Waals surface area contributed by atoms with Gasteiger partial charge in [0.25, 0.3) is 0 Å². The standard InChI is InChI=1S/C13H20N4O/c1-9(2)5-13(18)16-6-11(7-16)17-8-12(14-15-17)10-3-4-10/h8-11H,3-7H2,1-2H3. The van der Waals surface area contributed by atoms with E-state index in [1.165, 1.54) is 12.8 Å². The number of nitrogens with zero attached hydrogens (tertiary/aromatic N) is 4. The number of likely N-dealkylation sites (tertiary alicyclic amines) is 1. The lowest BCUT2D eigenvalue weighted by atomic mass is 10.1. The summed E-state index contributed by atoms with van der Waals surface area (Å²) >= 11 is 0. The Kier molecular flexibility index (Phi) is 2.84. The van der Waals surface area contributed by atoms with Crippen LogP contribution in [0.4, 0.5) is 0 Å². The third-order valence-electron chi connectivity index (χ3n) is 3.70. The van der Waals surface area contributed by atoms with Gasteiger partial charge in [-0.05, 0) is 18.8 Å². The van der Waals surface area contributed by atoms with E-state index in [4.69, 9.17) is 0 Å². The van der Waals surface area contributed by atoms with Crippen LogP contribution in [-0.2, 0) is 4.79 Å². The normalized spacial score (nSPS) is 20.3. The fraction of sp³-hybridized carbons (Fsp3) is 0.769. The molecule has 0 bridgehead atoms. The highest BCUT2D eigenvalue weighted by Crippen LogP contribution is 2.39. The molecule has 1 saturated heterocycles. The van der Waals surface area contributed by atoms with Crippen molar-refractivity contribution in [2.24, 2.45) is 5.92 Å². The van der Waals surface area contributed by atoms with Gasteiger partial charge < -0.3 is 4.90 Å². The van der Waals surface area contributed by atoms with Crippen molar-refractivity contribution in [3.8, 4) is 0 Å². The molecule has 3 rings (SSSR count). The molecule has 1 aromatic rings. The van der Waals surface area contributed by atoms with Gasteiger partial charge >= 0.3 is 0 Å². The SMILES string of the molecule is CC(C)CC(=O)N1CC(n2cc(C3CC3)nn2)C1. The Labute approximate surface area is 107 Å². The number of rotatable bonds is 4. The molecule has 0 N–H and O–H groups in total. The number of amides is 1. The molecule has 2 fully saturated rings. The Balaban J connectivity index is 1.53. The van der Waals surface area contributed by atoms with Crippen LogP contribution in [0, 0.1) is 5.92 Å². The first kappa shape index (κ1) is 11.7. The van der Waals surface area contributed by atoms with E-state index in [0.29, 0.717) is 24.3 Å². The summed E-state index contributed by atoms with van der Waals surface area (Å²) in [6.07, 6.45) is 5.22. The number of hydrogen-bond acceptors (Lipinski definition) is 3. The number of carbonyl (C=O) groups is 1. The van der Waals surface area contributed by atoms with Gasteiger partial charge in [-0.2, -0.15) is 0 Å². The molecule has 0 unspecified atom stereocenters. The lowest BCUT2D eigenvalue weighted by Crippen LogP contribution is -2.51. The molecule has 5 nitrogen and oxygen atoms in total. The van der Waals surface area contributed by atoms with Crippen LogP contribution in [0.1, 0.15) is 50.8 Å². The molecule has 1 amide bonds. The van der Waals surface area contributed by atoms with Crippen molar-refractivity contribution in [3.05, 3.63) is 11.9 Å². The summed E-state index contributed by atoms with van der Waals surface area (Å²) in [6.45, 7) is 5.74. The molecule has 1 saturated carbocycles. The van der Waals surface area contributed by atoms with Crippen LogP contribution in [0.15, 0.2) is 6.20 Å². The van der Waals surface area contributed by atoms with Crippen molar-refractivity contribution < 1.29 is 4.79 Å². The van der Waals surface area contributed by atoms with Gasteiger partial charge in [-0.3, -0.25) is 4.79 Å². The van der Waals surface area contributed by atoms with E-state index in [9.17, 15) is 4.79 Å². The van der Waals surface area contributed by atoms with Crippen molar-refractivity contribution in [2.45, 2.75) is 45.1 Å². The van der Waals surface area contributed by atoms with E-state index in [1.54, 1.807) is 0 Å². The quantitative estimate of drug-likeness (QED) is 0.813. The van der Waals surface area contributed by atoms with Crippen LogP contribution in [0.5, 0.6) is 0 Å². The zero-order valence-electron chi connectivity index (χ0n) is 11.0. The maximum absolute atomic E-state index is 11.8. The van der Waals surface area contributed by atoms with Crippen molar-refractivity contribution in [1.82, 2.24) is 19.9 Å². The molecule has 18 heavy (non-hydrogen) atoms. The van der Waals surface area contributed by atoms with Crippen LogP contribution in [0.25, 0.3) is 0 Å². The first-order valence-electron chi connectivity index (χ1n) is 6.83. The minimum Gasteiger partial charge on any atom is -0.338 e. The molecule has 98 valence electrons. The van der Waals surface area contributed by atoms with Gasteiger partial charge in [0.1, 0.15) is 0 Å². The van der Waals surface area contributed by atoms with Gasteiger partial charge in [0.05, 0.1) is 11.7 Å². The highest BCUT2D eigenvalue weighted by atomic mass is 16.2. The molecule has 1 aliphatic carbocycles. The van der Waals surface area contributed by atoms with Crippen molar-refractivity contribution in [1.29, 1.82) is 0 Å². The van der Waals surface area contributed by atoms with Crippen molar-refractivity contribution in [2.75, 3.05) is 13.1 Å². The maximum atomic E-state index is 11.8. The fourth-order valence-electron chi connectivity index (χ4n) is 2.34. The molecule has 2 aliphatic rings. The van der Waals surface area contributed by atoms with Gasteiger partial charge in [-0.1, -0.05) is 19.1 Å². The van der Waals surface area contributed by atoms with E-state index in [2.05, 4.69) is 30.4 Å². The Morgan fingerprint density at radius 3 is 2.78 bits per heavy atom.